The molecule has 0 heteroatoms. The van der Waals surface area contributed by atoms with Gasteiger partial charge in [-0.1, -0.05) is 60.2 Å². The van der Waals surface area contributed by atoms with Crippen molar-refractivity contribution >= 4 is 0 Å². The van der Waals surface area contributed by atoms with Gasteiger partial charge in [0.1, 0.15) is 0 Å². The van der Waals surface area contributed by atoms with Crippen LogP contribution in [0.5, 0.6) is 0 Å². The number of aryl methyl sites for hydroxylation is 1. The van der Waals surface area contributed by atoms with E-state index in [4.69, 9.17) is 0 Å². The summed E-state index contributed by atoms with van der Waals surface area (Å²) in [5, 5.41) is 0. The zero-order valence-corrected chi connectivity index (χ0v) is 14.5. The molecule has 0 N–H and O–H groups in total. The second kappa shape index (κ2) is 7.81. The quantitative estimate of drug-likeness (QED) is 0.550. The number of hydrogen-bond acceptors (Lipinski definition) is 0. The molecule has 2 aliphatic carbocycles. The summed E-state index contributed by atoms with van der Waals surface area (Å²) in [6.07, 6.45) is 19.9. The maximum Gasteiger partial charge on any atom is 0.00185 e. The third-order valence-corrected chi connectivity index (χ3v) is 5.69. The second-order valence-electron chi connectivity index (χ2n) is 7.44. The molecule has 2 atom stereocenters. The molecule has 2 unspecified atom stereocenters. The van der Waals surface area contributed by atoms with Crippen LogP contribution in [0.1, 0.15) is 55.6 Å². The molecule has 0 spiro atoms. The number of benzene rings is 1. The van der Waals surface area contributed by atoms with Gasteiger partial charge in [-0.3, -0.25) is 0 Å². The summed E-state index contributed by atoms with van der Waals surface area (Å²) in [6.45, 7) is 6.10. The van der Waals surface area contributed by atoms with Gasteiger partial charge in [0.05, 0.1) is 0 Å². The summed E-state index contributed by atoms with van der Waals surface area (Å²) in [6, 6.07) is 9.04. The van der Waals surface area contributed by atoms with Crippen LogP contribution in [0.4, 0.5) is 0 Å². The summed E-state index contributed by atoms with van der Waals surface area (Å²) < 4.78 is 0. The van der Waals surface area contributed by atoms with Gasteiger partial charge in [0, 0.05) is 5.92 Å². The predicted molar refractivity (Wildman–Crippen MR) is 101 cm³/mol. The van der Waals surface area contributed by atoms with Crippen LogP contribution in [-0.2, 0) is 0 Å². The van der Waals surface area contributed by atoms with Crippen molar-refractivity contribution in [2.24, 2.45) is 17.8 Å². The van der Waals surface area contributed by atoms with E-state index >= 15 is 0 Å². The van der Waals surface area contributed by atoms with Crippen molar-refractivity contribution in [3.8, 4) is 0 Å². The SMILES string of the molecule is C=CC1CCC(C=CC2C=CC(c3ccc(C)cc3)CC2)CC1. The average molecular weight is 306 g/mol. The van der Waals surface area contributed by atoms with Gasteiger partial charge in [-0.2, -0.15) is 0 Å². The van der Waals surface area contributed by atoms with Crippen molar-refractivity contribution in [1.82, 2.24) is 0 Å². The maximum absolute atomic E-state index is 3.94. The minimum Gasteiger partial charge on any atom is -0.103 e. The summed E-state index contributed by atoms with van der Waals surface area (Å²) >= 11 is 0. The molecule has 3 rings (SSSR count). The molecular formula is C23H30. The second-order valence-corrected chi connectivity index (χ2v) is 7.44. The summed E-state index contributed by atoms with van der Waals surface area (Å²) in [5.74, 6) is 2.83. The van der Waals surface area contributed by atoms with Gasteiger partial charge in [-0.05, 0) is 68.8 Å². The van der Waals surface area contributed by atoms with E-state index < -0.39 is 0 Å². The fraction of sp³-hybridized carbons (Fsp3) is 0.478. The Morgan fingerprint density at radius 1 is 0.826 bits per heavy atom. The van der Waals surface area contributed by atoms with E-state index in [1.807, 2.05) is 0 Å². The standard InChI is InChI=1S/C23H30/c1-3-19-6-8-20(9-7-19)10-11-21-12-16-23(17-13-21)22-14-4-18(2)5-15-22/h3-5,10-12,14-16,19-21,23H,1,6-9,13,17H2,2H3. The first-order valence-corrected chi connectivity index (χ1v) is 9.30. The molecule has 0 aromatic heterocycles. The van der Waals surface area contributed by atoms with Gasteiger partial charge < -0.3 is 0 Å². The third-order valence-electron chi connectivity index (χ3n) is 5.69. The first-order valence-electron chi connectivity index (χ1n) is 9.30. The monoisotopic (exact) mass is 306 g/mol. The Morgan fingerprint density at radius 3 is 2.13 bits per heavy atom. The highest BCUT2D eigenvalue weighted by atomic mass is 14.2. The number of hydrogen-bond donors (Lipinski definition) is 0. The van der Waals surface area contributed by atoms with Crippen LogP contribution in [0, 0.1) is 24.7 Å². The lowest BCUT2D eigenvalue weighted by Gasteiger charge is -2.25. The molecule has 0 nitrogen and oxygen atoms in total. The van der Waals surface area contributed by atoms with E-state index in [1.54, 1.807) is 0 Å². The highest BCUT2D eigenvalue weighted by Crippen LogP contribution is 2.33. The van der Waals surface area contributed by atoms with Crippen molar-refractivity contribution in [1.29, 1.82) is 0 Å². The zero-order valence-electron chi connectivity index (χ0n) is 14.5. The molecule has 1 aromatic rings. The van der Waals surface area contributed by atoms with Gasteiger partial charge in [-0.15, -0.1) is 6.58 Å². The van der Waals surface area contributed by atoms with E-state index in [-0.39, 0.29) is 0 Å². The van der Waals surface area contributed by atoms with Gasteiger partial charge in [0.25, 0.3) is 0 Å². The first kappa shape index (κ1) is 16.3. The lowest BCUT2D eigenvalue weighted by molar-refractivity contribution is 0.356. The minimum atomic E-state index is 0.614. The van der Waals surface area contributed by atoms with E-state index in [0.717, 1.165) is 11.8 Å². The number of allylic oxidation sites excluding steroid dienone is 5. The molecule has 1 saturated carbocycles. The summed E-state index contributed by atoms with van der Waals surface area (Å²) in [7, 11) is 0. The van der Waals surface area contributed by atoms with Gasteiger partial charge in [0.2, 0.25) is 0 Å². The fourth-order valence-corrected chi connectivity index (χ4v) is 3.97. The largest absolute Gasteiger partial charge is 0.103 e. The third kappa shape index (κ3) is 4.47. The van der Waals surface area contributed by atoms with Gasteiger partial charge in [0.15, 0.2) is 0 Å². The topological polar surface area (TPSA) is 0 Å². The molecule has 0 saturated heterocycles. The normalized spacial score (nSPS) is 31.3. The van der Waals surface area contributed by atoms with Crippen molar-refractivity contribution in [2.45, 2.75) is 51.4 Å². The van der Waals surface area contributed by atoms with Crippen LogP contribution < -0.4 is 0 Å². The van der Waals surface area contributed by atoms with E-state index in [2.05, 4.69) is 68.1 Å². The Morgan fingerprint density at radius 2 is 1.52 bits per heavy atom. The van der Waals surface area contributed by atoms with Crippen LogP contribution in [0.2, 0.25) is 0 Å². The molecule has 0 amide bonds. The van der Waals surface area contributed by atoms with Crippen LogP contribution in [0.15, 0.2) is 61.2 Å². The molecule has 122 valence electrons. The fourth-order valence-electron chi connectivity index (χ4n) is 3.97. The van der Waals surface area contributed by atoms with Crippen molar-refractivity contribution in [3.63, 3.8) is 0 Å². The Labute approximate surface area is 142 Å². The van der Waals surface area contributed by atoms with Gasteiger partial charge in [-0.25, -0.2) is 0 Å². The molecule has 1 fully saturated rings. The Balaban J connectivity index is 1.51. The maximum atomic E-state index is 3.94. The molecule has 0 aliphatic heterocycles. The number of rotatable bonds is 4. The van der Waals surface area contributed by atoms with Crippen LogP contribution >= 0.6 is 0 Å². The lowest BCUT2D eigenvalue weighted by Crippen LogP contribution is -2.11. The van der Waals surface area contributed by atoms with Crippen LogP contribution in [0.25, 0.3) is 0 Å². The molecular weight excluding hydrogens is 276 g/mol. The smallest absolute Gasteiger partial charge is 0.00185 e. The first-order chi connectivity index (χ1) is 11.2. The molecule has 0 bridgehead atoms. The van der Waals surface area contributed by atoms with E-state index in [0.29, 0.717) is 11.8 Å². The molecule has 1 aromatic carbocycles. The highest BCUT2D eigenvalue weighted by Gasteiger charge is 2.18. The Bertz CT molecular complexity index is 552. The predicted octanol–water partition coefficient (Wildman–Crippen LogP) is 6.59. The van der Waals surface area contributed by atoms with Crippen LogP contribution in [0.3, 0.4) is 0 Å². The average Bonchev–Trinajstić information content (AvgIpc) is 2.61. The van der Waals surface area contributed by atoms with E-state index in [9.17, 15) is 0 Å². The highest BCUT2D eigenvalue weighted by molar-refractivity contribution is 5.29. The summed E-state index contributed by atoms with van der Waals surface area (Å²) in [4.78, 5) is 0. The molecule has 2 aliphatic rings. The van der Waals surface area contributed by atoms with Gasteiger partial charge >= 0.3 is 0 Å². The molecule has 23 heavy (non-hydrogen) atoms. The van der Waals surface area contributed by atoms with E-state index in [1.165, 1.54) is 49.7 Å². The van der Waals surface area contributed by atoms with Crippen LogP contribution in [-0.4, -0.2) is 0 Å². The molecule has 0 radical (unpaired) electrons. The Hall–Kier alpha value is -1.56. The molecule has 0 heterocycles. The van der Waals surface area contributed by atoms with Crippen molar-refractivity contribution in [3.05, 3.63) is 72.4 Å². The zero-order chi connectivity index (χ0) is 16.1. The van der Waals surface area contributed by atoms with Crippen molar-refractivity contribution < 1.29 is 0 Å². The summed E-state index contributed by atoms with van der Waals surface area (Å²) in [5.41, 5.74) is 2.82. The van der Waals surface area contributed by atoms with Crippen molar-refractivity contribution in [2.75, 3.05) is 0 Å². The lowest BCUT2D eigenvalue weighted by atomic mass is 9.80. The minimum absolute atomic E-state index is 0.614. The Kier molecular flexibility index (Phi) is 5.54.